The highest BCUT2D eigenvalue weighted by Crippen LogP contribution is 2.34. The van der Waals surface area contributed by atoms with Gasteiger partial charge in [0.05, 0.1) is 28.4 Å². The average molecular weight is 503 g/mol. The number of aromatic nitrogens is 5. The Morgan fingerprint density at radius 1 is 0.921 bits per heavy atom. The summed E-state index contributed by atoms with van der Waals surface area (Å²) in [5.41, 5.74) is 6.74. The molecular weight excluding hydrogens is 479 g/mol. The Bertz CT molecular complexity index is 1830. The van der Waals surface area contributed by atoms with Gasteiger partial charge in [-0.25, -0.2) is 9.37 Å². The molecular formula is C30H23FN6O. The van der Waals surface area contributed by atoms with E-state index in [9.17, 15) is 9.18 Å². The fourth-order valence-electron chi connectivity index (χ4n) is 5.00. The first-order valence-corrected chi connectivity index (χ1v) is 12.6. The molecule has 6 aromatic rings. The molecule has 3 aromatic heterocycles. The predicted molar refractivity (Wildman–Crippen MR) is 146 cm³/mol. The molecule has 7 nitrogen and oxygen atoms in total. The van der Waals surface area contributed by atoms with E-state index >= 15 is 0 Å². The normalized spacial score (nSPS) is 13.6. The van der Waals surface area contributed by atoms with Crippen LogP contribution in [-0.4, -0.2) is 31.1 Å². The monoisotopic (exact) mass is 502 g/mol. The summed E-state index contributed by atoms with van der Waals surface area (Å²) < 4.78 is 14.6. The Kier molecular flexibility index (Phi) is 5.25. The maximum Gasteiger partial charge on any atom is 0.227 e. The number of imidazole rings is 1. The molecule has 7 rings (SSSR count). The lowest BCUT2D eigenvalue weighted by Crippen LogP contribution is -2.28. The Morgan fingerprint density at radius 2 is 1.79 bits per heavy atom. The highest BCUT2D eigenvalue weighted by Gasteiger charge is 2.25. The number of hydrogen-bond acceptors (Lipinski definition) is 4. The van der Waals surface area contributed by atoms with Crippen LogP contribution in [0.5, 0.6) is 0 Å². The zero-order valence-corrected chi connectivity index (χ0v) is 20.3. The Labute approximate surface area is 217 Å². The van der Waals surface area contributed by atoms with Gasteiger partial charge in [-0.2, -0.15) is 5.10 Å². The second-order valence-electron chi connectivity index (χ2n) is 9.68. The summed E-state index contributed by atoms with van der Waals surface area (Å²) >= 11 is 0. The van der Waals surface area contributed by atoms with Crippen molar-refractivity contribution in [2.24, 2.45) is 5.92 Å². The van der Waals surface area contributed by atoms with Gasteiger partial charge in [-0.3, -0.25) is 14.9 Å². The third kappa shape index (κ3) is 3.82. The summed E-state index contributed by atoms with van der Waals surface area (Å²) in [5, 5.41) is 11.5. The molecule has 0 atom stereocenters. The van der Waals surface area contributed by atoms with Crippen LogP contribution < -0.4 is 5.32 Å². The van der Waals surface area contributed by atoms with Gasteiger partial charge in [-0.1, -0.05) is 42.8 Å². The zero-order chi connectivity index (χ0) is 25.6. The summed E-state index contributed by atoms with van der Waals surface area (Å²) in [6.07, 6.45) is 6.45. The van der Waals surface area contributed by atoms with E-state index in [0.717, 1.165) is 52.4 Å². The lowest BCUT2D eigenvalue weighted by Gasteiger charge is -2.24. The Balaban J connectivity index is 1.27. The number of nitrogens with one attached hydrogen (secondary N) is 3. The second-order valence-corrected chi connectivity index (χ2v) is 9.68. The van der Waals surface area contributed by atoms with Crippen molar-refractivity contribution in [1.29, 1.82) is 0 Å². The van der Waals surface area contributed by atoms with Crippen LogP contribution in [0.1, 0.15) is 19.3 Å². The SMILES string of the molecule is O=C(Nc1cncc(-c2ccc3[nH]nc(-c4nc5c(-c6ccccc6F)cccc5[nH]4)c3c2)c1)C1CCC1. The predicted octanol–water partition coefficient (Wildman–Crippen LogP) is 6.71. The zero-order valence-electron chi connectivity index (χ0n) is 20.3. The van der Waals surface area contributed by atoms with E-state index in [1.165, 1.54) is 6.07 Å². The van der Waals surface area contributed by atoms with Crippen molar-refractivity contribution in [2.45, 2.75) is 19.3 Å². The average Bonchev–Trinajstić information content (AvgIpc) is 3.52. The first-order chi connectivity index (χ1) is 18.6. The number of halogens is 1. The summed E-state index contributed by atoms with van der Waals surface area (Å²) in [7, 11) is 0. The van der Waals surface area contributed by atoms with E-state index in [1.54, 1.807) is 24.5 Å². The number of hydrogen-bond donors (Lipinski definition) is 3. The lowest BCUT2D eigenvalue weighted by atomic mass is 9.85. The molecule has 1 amide bonds. The van der Waals surface area contributed by atoms with E-state index in [0.29, 0.717) is 28.3 Å². The standard InChI is InChI=1S/C30H23FN6O/c31-24-9-2-1-7-21(24)22-8-4-10-26-27(22)35-29(34-26)28-23-14-18(11-12-25(23)36-37-28)19-13-20(16-32-15-19)33-30(38)17-5-3-6-17/h1-2,4,7-17H,3,5-6H2,(H,33,38)(H,34,35)(H,36,37). The molecule has 0 bridgehead atoms. The van der Waals surface area contributed by atoms with Crippen molar-refractivity contribution in [2.75, 3.05) is 5.32 Å². The van der Waals surface area contributed by atoms with Crippen LogP contribution in [0.3, 0.4) is 0 Å². The van der Waals surface area contributed by atoms with Crippen molar-refractivity contribution in [3.63, 3.8) is 0 Å². The van der Waals surface area contributed by atoms with Gasteiger partial charge in [0, 0.05) is 34.2 Å². The first-order valence-electron chi connectivity index (χ1n) is 12.6. The number of anilines is 1. The summed E-state index contributed by atoms with van der Waals surface area (Å²) in [4.78, 5) is 25.0. The fraction of sp³-hybridized carbons (Fsp3) is 0.133. The minimum absolute atomic E-state index is 0.0578. The topological polar surface area (TPSA) is 99.3 Å². The molecule has 0 unspecified atom stereocenters. The Morgan fingerprint density at radius 3 is 2.63 bits per heavy atom. The van der Waals surface area contributed by atoms with Crippen molar-refractivity contribution in [1.82, 2.24) is 25.1 Å². The number of fused-ring (bicyclic) bond motifs is 2. The highest BCUT2D eigenvalue weighted by atomic mass is 19.1. The molecule has 0 radical (unpaired) electrons. The van der Waals surface area contributed by atoms with Crippen LogP contribution in [0.15, 0.2) is 79.1 Å². The molecule has 38 heavy (non-hydrogen) atoms. The van der Waals surface area contributed by atoms with Crippen LogP contribution in [-0.2, 0) is 4.79 Å². The summed E-state index contributed by atoms with van der Waals surface area (Å²) in [5.74, 6) is 0.458. The third-order valence-electron chi connectivity index (χ3n) is 7.28. The number of amides is 1. The van der Waals surface area contributed by atoms with Gasteiger partial charge in [-0.05, 0) is 48.7 Å². The quantitative estimate of drug-likeness (QED) is 0.244. The van der Waals surface area contributed by atoms with Gasteiger partial charge < -0.3 is 10.3 Å². The molecule has 1 aliphatic carbocycles. The highest BCUT2D eigenvalue weighted by molar-refractivity contribution is 5.99. The summed E-state index contributed by atoms with van der Waals surface area (Å²) in [6, 6.07) is 20.3. The van der Waals surface area contributed by atoms with Crippen molar-refractivity contribution >= 4 is 33.5 Å². The van der Waals surface area contributed by atoms with Gasteiger partial charge in [0.1, 0.15) is 11.5 Å². The summed E-state index contributed by atoms with van der Waals surface area (Å²) in [6.45, 7) is 0. The van der Waals surface area contributed by atoms with Crippen molar-refractivity contribution < 1.29 is 9.18 Å². The molecule has 0 spiro atoms. The number of aromatic amines is 2. The van der Waals surface area contributed by atoms with Crippen LogP contribution in [0.25, 0.3) is 55.7 Å². The van der Waals surface area contributed by atoms with Gasteiger partial charge >= 0.3 is 0 Å². The fourth-order valence-corrected chi connectivity index (χ4v) is 5.00. The van der Waals surface area contributed by atoms with Crippen molar-refractivity contribution in [3.8, 4) is 33.8 Å². The van der Waals surface area contributed by atoms with Gasteiger partial charge in [0.2, 0.25) is 5.91 Å². The number of rotatable bonds is 5. The van der Waals surface area contributed by atoms with Crippen LogP contribution in [0.2, 0.25) is 0 Å². The van der Waals surface area contributed by atoms with Crippen LogP contribution >= 0.6 is 0 Å². The minimum Gasteiger partial charge on any atom is -0.337 e. The van der Waals surface area contributed by atoms with Crippen LogP contribution in [0.4, 0.5) is 10.1 Å². The molecule has 3 heterocycles. The molecule has 0 aliphatic heterocycles. The largest absolute Gasteiger partial charge is 0.337 e. The second kappa shape index (κ2) is 8.92. The van der Waals surface area contributed by atoms with Crippen molar-refractivity contribution in [3.05, 3.63) is 84.9 Å². The molecule has 8 heteroatoms. The molecule has 3 aromatic carbocycles. The molecule has 1 saturated carbocycles. The number of H-pyrrole nitrogens is 2. The number of carbonyl (C=O) groups excluding carboxylic acids is 1. The number of nitrogens with zero attached hydrogens (tertiary/aromatic N) is 3. The molecule has 186 valence electrons. The number of para-hydroxylation sites is 1. The maximum absolute atomic E-state index is 14.6. The van der Waals surface area contributed by atoms with Gasteiger partial charge in [0.15, 0.2) is 5.82 Å². The van der Waals surface area contributed by atoms with Crippen LogP contribution in [0, 0.1) is 11.7 Å². The third-order valence-corrected chi connectivity index (χ3v) is 7.28. The molecule has 1 fully saturated rings. The number of carbonyl (C=O) groups is 1. The Hall–Kier alpha value is -4.85. The smallest absolute Gasteiger partial charge is 0.227 e. The minimum atomic E-state index is -0.292. The van der Waals surface area contributed by atoms with E-state index < -0.39 is 0 Å². The van der Waals surface area contributed by atoms with Gasteiger partial charge in [-0.15, -0.1) is 0 Å². The van der Waals surface area contributed by atoms with E-state index in [4.69, 9.17) is 4.98 Å². The lowest BCUT2D eigenvalue weighted by molar-refractivity contribution is -0.122. The number of pyridine rings is 1. The maximum atomic E-state index is 14.6. The van der Waals surface area contributed by atoms with E-state index in [1.807, 2.05) is 48.5 Å². The first kappa shape index (κ1) is 22.4. The van der Waals surface area contributed by atoms with Gasteiger partial charge in [0.25, 0.3) is 0 Å². The molecule has 3 N–H and O–H groups in total. The van der Waals surface area contributed by atoms with E-state index in [-0.39, 0.29) is 17.6 Å². The van der Waals surface area contributed by atoms with E-state index in [2.05, 4.69) is 25.5 Å². The molecule has 0 saturated heterocycles. The number of benzene rings is 3. The molecule has 1 aliphatic rings.